The Labute approximate surface area is 130 Å². The highest BCUT2D eigenvalue weighted by Crippen LogP contribution is 2.25. The molecule has 0 aromatic heterocycles. The van der Waals surface area contributed by atoms with E-state index in [1.807, 2.05) is 0 Å². The van der Waals surface area contributed by atoms with Crippen LogP contribution in [0.25, 0.3) is 0 Å². The van der Waals surface area contributed by atoms with Crippen LogP contribution in [-0.2, 0) is 16.6 Å². The third-order valence-electron chi connectivity index (χ3n) is 3.03. The lowest BCUT2D eigenvalue weighted by molar-refractivity contribution is 0.280. The van der Waals surface area contributed by atoms with Crippen molar-refractivity contribution in [2.24, 2.45) is 0 Å². The molecule has 0 fully saturated rings. The van der Waals surface area contributed by atoms with Gasteiger partial charge >= 0.3 is 0 Å². The molecule has 0 saturated heterocycles. The fraction of sp³-hybridized carbons (Fsp3) is 0.143. The number of aliphatic hydroxyl groups excluding tert-OH is 1. The minimum Gasteiger partial charge on any atom is -0.392 e. The fourth-order valence-electron chi connectivity index (χ4n) is 1.90. The van der Waals surface area contributed by atoms with Crippen molar-refractivity contribution in [1.82, 2.24) is 0 Å². The van der Waals surface area contributed by atoms with Crippen LogP contribution in [0.5, 0.6) is 0 Å². The SMILES string of the molecule is Cc1c(CO)cccc1S(=O)(=O)Nc1cc(Br)ccc1F. The Morgan fingerprint density at radius 1 is 1.29 bits per heavy atom. The normalized spacial score (nSPS) is 11.4. The van der Waals surface area contributed by atoms with Gasteiger partial charge < -0.3 is 5.11 Å². The number of aliphatic hydroxyl groups is 1. The van der Waals surface area contributed by atoms with Gasteiger partial charge in [0.2, 0.25) is 0 Å². The molecule has 0 spiro atoms. The third kappa shape index (κ3) is 3.42. The molecule has 0 aliphatic heterocycles. The van der Waals surface area contributed by atoms with Gasteiger partial charge in [-0.05, 0) is 42.3 Å². The van der Waals surface area contributed by atoms with Gasteiger partial charge in [-0.25, -0.2) is 12.8 Å². The number of hydrogen-bond acceptors (Lipinski definition) is 3. The highest BCUT2D eigenvalue weighted by Gasteiger charge is 2.20. The predicted octanol–water partition coefficient (Wildman–Crippen LogP) is 3.19. The molecule has 7 heteroatoms. The largest absolute Gasteiger partial charge is 0.392 e. The van der Waals surface area contributed by atoms with Crippen molar-refractivity contribution in [3.63, 3.8) is 0 Å². The quantitative estimate of drug-likeness (QED) is 0.864. The second-order valence-electron chi connectivity index (χ2n) is 4.43. The Kier molecular flexibility index (Phi) is 4.65. The Hall–Kier alpha value is -1.44. The minimum absolute atomic E-state index is 0.00780. The van der Waals surface area contributed by atoms with Crippen LogP contribution in [0, 0.1) is 12.7 Å². The van der Waals surface area contributed by atoms with Crippen molar-refractivity contribution in [3.05, 3.63) is 57.8 Å². The van der Waals surface area contributed by atoms with E-state index in [2.05, 4.69) is 20.7 Å². The fourth-order valence-corrected chi connectivity index (χ4v) is 3.61. The highest BCUT2D eigenvalue weighted by atomic mass is 79.9. The van der Waals surface area contributed by atoms with Crippen molar-refractivity contribution in [3.8, 4) is 0 Å². The van der Waals surface area contributed by atoms with Crippen molar-refractivity contribution < 1.29 is 17.9 Å². The second kappa shape index (κ2) is 6.13. The van der Waals surface area contributed by atoms with E-state index in [9.17, 15) is 17.9 Å². The average molecular weight is 374 g/mol. The van der Waals surface area contributed by atoms with Crippen molar-refractivity contribution in [2.45, 2.75) is 18.4 Å². The molecule has 4 nitrogen and oxygen atoms in total. The standard InChI is InChI=1S/C14H13BrFNO3S/c1-9-10(8-18)3-2-4-14(9)21(19,20)17-13-7-11(15)5-6-12(13)16/h2-7,17-18H,8H2,1H3. The summed E-state index contributed by atoms with van der Waals surface area (Å²) in [5.41, 5.74) is 0.800. The molecule has 0 heterocycles. The first-order valence-electron chi connectivity index (χ1n) is 6.02. The van der Waals surface area contributed by atoms with E-state index in [1.165, 1.54) is 30.3 Å². The zero-order valence-electron chi connectivity index (χ0n) is 11.1. The van der Waals surface area contributed by atoms with Gasteiger partial charge in [0.25, 0.3) is 10.0 Å². The average Bonchev–Trinajstić information content (AvgIpc) is 2.42. The van der Waals surface area contributed by atoms with Gasteiger partial charge in [0, 0.05) is 4.47 Å². The smallest absolute Gasteiger partial charge is 0.262 e. The van der Waals surface area contributed by atoms with Crippen LogP contribution in [0.1, 0.15) is 11.1 Å². The van der Waals surface area contributed by atoms with Gasteiger partial charge in [-0.1, -0.05) is 28.1 Å². The number of anilines is 1. The van der Waals surface area contributed by atoms with Crippen LogP contribution in [0.4, 0.5) is 10.1 Å². The molecule has 0 amide bonds. The summed E-state index contributed by atoms with van der Waals surface area (Å²) in [5, 5.41) is 9.20. The summed E-state index contributed by atoms with van der Waals surface area (Å²) < 4.78 is 41.2. The van der Waals surface area contributed by atoms with Gasteiger partial charge in [0.05, 0.1) is 17.2 Å². The lowest BCUT2D eigenvalue weighted by Crippen LogP contribution is -2.16. The predicted molar refractivity (Wildman–Crippen MR) is 82.0 cm³/mol. The Morgan fingerprint density at radius 2 is 2.00 bits per heavy atom. The summed E-state index contributed by atoms with van der Waals surface area (Å²) >= 11 is 3.16. The summed E-state index contributed by atoms with van der Waals surface area (Å²) in [7, 11) is -3.94. The topological polar surface area (TPSA) is 66.4 Å². The summed E-state index contributed by atoms with van der Waals surface area (Å²) in [6, 6.07) is 8.56. The third-order valence-corrected chi connectivity index (χ3v) is 5.03. The highest BCUT2D eigenvalue weighted by molar-refractivity contribution is 9.10. The van der Waals surface area contributed by atoms with E-state index < -0.39 is 15.8 Å². The number of benzene rings is 2. The maximum atomic E-state index is 13.7. The maximum absolute atomic E-state index is 13.7. The van der Waals surface area contributed by atoms with Gasteiger partial charge in [-0.2, -0.15) is 0 Å². The summed E-state index contributed by atoms with van der Waals surface area (Å²) in [4.78, 5) is 0.00780. The van der Waals surface area contributed by atoms with Gasteiger partial charge in [0.15, 0.2) is 0 Å². The first-order valence-corrected chi connectivity index (χ1v) is 8.30. The van der Waals surface area contributed by atoms with Crippen LogP contribution < -0.4 is 4.72 Å². The maximum Gasteiger partial charge on any atom is 0.262 e. The van der Waals surface area contributed by atoms with Crippen LogP contribution in [0.15, 0.2) is 45.8 Å². The molecule has 2 rings (SSSR count). The molecule has 2 aromatic carbocycles. The second-order valence-corrected chi connectivity index (χ2v) is 6.99. The molecule has 0 radical (unpaired) electrons. The molecule has 0 bridgehead atoms. The Bertz CT molecular complexity index is 778. The minimum atomic E-state index is -3.94. The Morgan fingerprint density at radius 3 is 2.67 bits per heavy atom. The number of halogens is 2. The van der Waals surface area contributed by atoms with Gasteiger partial charge in [0.1, 0.15) is 5.82 Å². The van der Waals surface area contributed by atoms with Crippen molar-refractivity contribution in [1.29, 1.82) is 0 Å². The molecule has 0 saturated carbocycles. The Balaban J connectivity index is 2.46. The molecule has 0 aliphatic rings. The number of rotatable bonds is 4. The first kappa shape index (κ1) is 15.9. The molecule has 2 aromatic rings. The zero-order valence-corrected chi connectivity index (χ0v) is 13.5. The number of sulfonamides is 1. The van der Waals surface area contributed by atoms with E-state index in [4.69, 9.17) is 0 Å². The van der Waals surface area contributed by atoms with Crippen LogP contribution in [0.3, 0.4) is 0 Å². The van der Waals surface area contributed by atoms with E-state index in [1.54, 1.807) is 13.0 Å². The molecular formula is C14H13BrFNO3S. The summed E-state index contributed by atoms with van der Waals surface area (Å²) in [6.45, 7) is 1.33. The van der Waals surface area contributed by atoms with Crippen molar-refractivity contribution in [2.75, 3.05) is 4.72 Å². The van der Waals surface area contributed by atoms with Gasteiger partial charge in [-0.3, -0.25) is 4.72 Å². The van der Waals surface area contributed by atoms with Crippen molar-refractivity contribution >= 4 is 31.6 Å². The number of nitrogens with one attached hydrogen (secondary N) is 1. The molecule has 2 N–H and O–H groups in total. The first-order chi connectivity index (χ1) is 9.85. The van der Waals surface area contributed by atoms with E-state index in [0.29, 0.717) is 15.6 Å². The molecule has 21 heavy (non-hydrogen) atoms. The molecule has 112 valence electrons. The molecule has 0 unspecified atom stereocenters. The lowest BCUT2D eigenvalue weighted by atomic mass is 10.1. The summed E-state index contributed by atoms with van der Waals surface area (Å²) in [5.74, 6) is -0.669. The number of hydrogen-bond donors (Lipinski definition) is 2. The lowest BCUT2D eigenvalue weighted by Gasteiger charge is -2.13. The van der Waals surface area contributed by atoms with Crippen LogP contribution >= 0.6 is 15.9 Å². The molecular weight excluding hydrogens is 361 g/mol. The van der Waals surface area contributed by atoms with Crippen LogP contribution in [0.2, 0.25) is 0 Å². The summed E-state index contributed by atoms with van der Waals surface area (Å²) in [6.07, 6.45) is 0. The van der Waals surface area contributed by atoms with Gasteiger partial charge in [-0.15, -0.1) is 0 Å². The van der Waals surface area contributed by atoms with E-state index in [0.717, 1.165) is 0 Å². The molecule has 0 aliphatic carbocycles. The van der Waals surface area contributed by atoms with Crippen LogP contribution in [-0.4, -0.2) is 13.5 Å². The van der Waals surface area contributed by atoms with E-state index in [-0.39, 0.29) is 17.2 Å². The van der Waals surface area contributed by atoms with E-state index >= 15 is 0 Å². The molecule has 0 atom stereocenters. The zero-order chi connectivity index (χ0) is 15.6. The monoisotopic (exact) mass is 373 g/mol.